The van der Waals surface area contributed by atoms with E-state index in [0.29, 0.717) is 17.1 Å². The fourth-order valence-electron chi connectivity index (χ4n) is 2.49. The summed E-state index contributed by atoms with van der Waals surface area (Å²) in [6.45, 7) is 3.79. The van der Waals surface area contributed by atoms with Crippen molar-refractivity contribution in [3.05, 3.63) is 78.1 Å². The first-order valence-corrected chi connectivity index (χ1v) is 8.67. The van der Waals surface area contributed by atoms with Gasteiger partial charge < -0.3 is 15.4 Å². The number of halogens is 2. The Morgan fingerprint density at radius 3 is 2.57 bits per heavy atom. The van der Waals surface area contributed by atoms with Gasteiger partial charge in [0.2, 0.25) is 0 Å². The number of pyridine rings is 1. The maximum Gasteiger partial charge on any atom is 0.274 e. The van der Waals surface area contributed by atoms with Gasteiger partial charge in [0.25, 0.3) is 5.91 Å². The molecule has 1 heterocycles. The third-order valence-corrected chi connectivity index (χ3v) is 3.70. The molecule has 0 saturated heterocycles. The van der Waals surface area contributed by atoms with Crippen LogP contribution in [0.25, 0.3) is 0 Å². The van der Waals surface area contributed by atoms with Gasteiger partial charge in [0.05, 0.1) is 17.5 Å². The van der Waals surface area contributed by atoms with E-state index in [9.17, 15) is 13.6 Å². The van der Waals surface area contributed by atoms with Crippen LogP contribution in [0.5, 0.6) is 5.75 Å². The van der Waals surface area contributed by atoms with Crippen LogP contribution in [0.1, 0.15) is 24.3 Å². The SMILES string of the molecule is CC(C)Oc1ccccc1NC(=O)c1cc(Nc2ccc(F)cc2F)ccn1. The second-order valence-electron chi connectivity index (χ2n) is 6.30. The van der Waals surface area contributed by atoms with Gasteiger partial charge in [-0.25, -0.2) is 8.78 Å². The van der Waals surface area contributed by atoms with Crippen LogP contribution in [-0.4, -0.2) is 17.0 Å². The molecule has 3 aromatic rings. The van der Waals surface area contributed by atoms with Crippen LogP contribution in [0.3, 0.4) is 0 Å². The molecule has 0 unspecified atom stereocenters. The van der Waals surface area contributed by atoms with Crippen molar-refractivity contribution in [3.63, 3.8) is 0 Å². The number of hydrogen-bond acceptors (Lipinski definition) is 4. The predicted molar refractivity (Wildman–Crippen MR) is 104 cm³/mol. The number of ether oxygens (including phenoxy) is 1. The Labute approximate surface area is 161 Å². The van der Waals surface area contributed by atoms with Gasteiger partial charge in [-0.3, -0.25) is 9.78 Å². The highest BCUT2D eigenvalue weighted by Gasteiger charge is 2.13. The number of hydrogen-bond donors (Lipinski definition) is 2. The van der Waals surface area contributed by atoms with Crippen LogP contribution in [-0.2, 0) is 0 Å². The molecule has 7 heteroatoms. The average molecular weight is 383 g/mol. The molecular weight excluding hydrogens is 364 g/mol. The molecule has 28 heavy (non-hydrogen) atoms. The van der Waals surface area contributed by atoms with Gasteiger partial charge in [-0.15, -0.1) is 0 Å². The zero-order valence-corrected chi connectivity index (χ0v) is 15.4. The maximum absolute atomic E-state index is 13.8. The molecular formula is C21H19F2N3O2. The fourth-order valence-corrected chi connectivity index (χ4v) is 2.49. The van der Waals surface area contributed by atoms with Crippen molar-refractivity contribution in [1.82, 2.24) is 4.98 Å². The quantitative estimate of drug-likeness (QED) is 0.618. The molecule has 0 atom stereocenters. The Bertz CT molecular complexity index is 993. The number of aromatic nitrogens is 1. The standard InChI is InChI=1S/C21H19F2N3O2/c1-13(2)28-20-6-4-3-5-18(20)26-21(27)19-12-15(9-10-24-19)25-17-8-7-14(22)11-16(17)23/h3-13H,1-2H3,(H,24,25)(H,26,27). The summed E-state index contributed by atoms with van der Waals surface area (Å²) in [4.78, 5) is 16.6. The van der Waals surface area contributed by atoms with Gasteiger partial charge in [0, 0.05) is 18.0 Å². The van der Waals surface area contributed by atoms with Crippen molar-refractivity contribution in [2.45, 2.75) is 20.0 Å². The molecule has 3 rings (SSSR count). The van der Waals surface area contributed by atoms with Crippen LogP contribution < -0.4 is 15.4 Å². The molecule has 0 aliphatic carbocycles. The number of carbonyl (C=O) groups excluding carboxylic acids is 1. The van der Waals surface area contributed by atoms with Crippen molar-refractivity contribution >= 4 is 23.0 Å². The number of rotatable bonds is 6. The molecule has 0 bridgehead atoms. The molecule has 0 fully saturated rings. The molecule has 1 aromatic heterocycles. The van der Waals surface area contributed by atoms with Gasteiger partial charge in [-0.05, 0) is 50.2 Å². The van der Waals surface area contributed by atoms with Crippen molar-refractivity contribution in [2.24, 2.45) is 0 Å². The highest BCUT2D eigenvalue weighted by atomic mass is 19.1. The smallest absolute Gasteiger partial charge is 0.274 e. The number of nitrogens with zero attached hydrogens (tertiary/aromatic N) is 1. The van der Waals surface area contributed by atoms with Crippen LogP contribution in [0.2, 0.25) is 0 Å². The predicted octanol–water partition coefficient (Wildman–Crippen LogP) is 5.14. The molecule has 0 spiro atoms. The van der Waals surface area contributed by atoms with E-state index in [-0.39, 0.29) is 17.5 Å². The molecule has 0 saturated carbocycles. The zero-order valence-electron chi connectivity index (χ0n) is 15.4. The Kier molecular flexibility index (Phi) is 5.84. The van der Waals surface area contributed by atoms with Gasteiger partial charge in [0.1, 0.15) is 23.1 Å². The Hall–Kier alpha value is -3.48. The van der Waals surface area contributed by atoms with E-state index in [1.807, 2.05) is 19.9 Å². The third kappa shape index (κ3) is 4.82. The lowest BCUT2D eigenvalue weighted by atomic mass is 10.2. The highest BCUT2D eigenvalue weighted by molar-refractivity contribution is 6.04. The Morgan fingerprint density at radius 1 is 1.04 bits per heavy atom. The molecule has 2 aromatic carbocycles. The average Bonchev–Trinajstić information content (AvgIpc) is 2.65. The largest absolute Gasteiger partial charge is 0.489 e. The molecule has 0 aliphatic rings. The highest BCUT2D eigenvalue weighted by Crippen LogP contribution is 2.26. The minimum atomic E-state index is -0.734. The van der Waals surface area contributed by atoms with E-state index in [1.54, 1.807) is 24.3 Å². The number of benzene rings is 2. The van der Waals surface area contributed by atoms with Crippen LogP contribution in [0.4, 0.5) is 25.8 Å². The first kappa shape index (κ1) is 19.3. The van der Waals surface area contributed by atoms with Crippen LogP contribution in [0.15, 0.2) is 60.8 Å². The molecule has 5 nitrogen and oxygen atoms in total. The van der Waals surface area contributed by atoms with Gasteiger partial charge >= 0.3 is 0 Å². The van der Waals surface area contributed by atoms with Gasteiger partial charge in [-0.1, -0.05) is 12.1 Å². The number of nitrogens with one attached hydrogen (secondary N) is 2. The van der Waals surface area contributed by atoms with E-state index in [4.69, 9.17) is 4.74 Å². The fraction of sp³-hybridized carbons (Fsp3) is 0.143. The molecule has 2 N–H and O–H groups in total. The lowest BCUT2D eigenvalue weighted by Crippen LogP contribution is -2.15. The van der Waals surface area contributed by atoms with Crippen molar-refractivity contribution in [3.8, 4) is 5.75 Å². The summed E-state index contributed by atoms with van der Waals surface area (Å²) in [5.74, 6) is -1.29. The molecule has 1 amide bonds. The second-order valence-corrected chi connectivity index (χ2v) is 6.30. The summed E-state index contributed by atoms with van der Waals surface area (Å²) in [6.07, 6.45) is 1.38. The van der Waals surface area contributed by atoms with E-state index in [1.165, 1.54) is 18.3 Å². The second kappa shape index (κ2) is 8.47. The first-order chi connectivity index (χ1) is 13.4. The van der Waals surface area contributed by atoms with Gasteiger partial charge in [0.15, 0.2) is 0 Å². The summed E-state index contributed by atoms with van der Waals surface area (Å²) in [5.41, 5.74) is 1.19. The molecule has 144 valence electrons. The Morgan fingerprint density at radius 2 is 1.82 bits per heavy atom. The van der Waals surface area contributed by atoms with E-state index in [0.717, 1.165) is 12.1 Å². The summed E-state index contributed by atoms with van der Waals surface area (Å²) in [5, 5.41) is 5.57. The third-order valence-electron chi connectivity index (χ3n) is 3.70. The number of anilines is 3. The Balaban J connectivity index is 1.78. The lowest BCUT2D eigenvalue weighted by Gasteiger charge is -2.15. The summed E-state index contributed by atoms with van der Waals surface area (Å²) < 4.78 is 32.5. The van der Waals surface area contributed by atoms with Gasteiger partial charge in [-0.2, -0.15) is 0 Å². The van der Waals surface area contributed by atoms with E-state index >= 15 is 0 Å². The lowest BCUT2D eigenvalue weighted by molar-refractivity contribution is 0.102. The normalized spacial score (nSPS) is 10.6. The summed E-state index contributed by atoms with van der Waals surface area (Å²) in [6, 6.07) is 13.3. The van der Waals surface area contributed by atoms with E-state index < -0.39 is 17.5 Å². The first-order valence-electron chi connectivity index (χ1n) is 8.67. The minimum Gasteiger partial charge on any atom is -0.489 e. The monoisotopic (exact) mass is 383 g/mol. The number of amides is 1. The zero-order chi connectivity index (χ0) is 20.1. The maximum atomic E-state index is 13.8. The molecule has 0 radical (unpaired) electrons. The van der Waals surface area contributed by atoms with E-state index in [2.05, 4.69) is 15.6 Å². The number of para-hydroxylation sites is 2. The number of carbonyl (C=O) groups is 1. The summed E-state index contributed by atoms with van der Waals surface area (Å²) in [7, 11) is 0. The molecule has 0 aliphatic heterocycles. The topological polar surface area (TPSA) is 63.2 Å². The van der Waals surface area contributed by atoms with Crippen molar-refractivity contribution in [2.75, 3.05) is 10.6 Å². The summed E-state index contributed by atoms with van der Waals surface area (Å²) >= 11 is 0. The van der Waals surface area contributed by atoms with Crippen LogP contribution >= 0.6 is 0 Å². The minimum absolute atomic E-state index is 0.0469. The van der Waals surface area contributed by atoms with Crippen molar-refractivity contribution < 1.29 is 18.3 Å². The van der Waals surface area contributed by atoms with Crippen molar-refractivity contribution in [1.29, 1.82) is 0 Å². The van der Waals surface area contributed by atoms with Crippen LogP contribution in [0, 0.1) is 11.6 Å².